The molecule has 0 aromatic carbocycles. The van der Waals surface area contributed by atoms with Gasteiger partial charge in [0.05, 0.1) is 5.69 Å². The summed E-state index contributed by atoms with van der Waals surface area (Å²) in [5, 5.41) is 19.1. The maximum atomic E-state index is 14.7. The van der Waals surface area contributed by atoms with Crippen LogP contribution in [0.5, 0.6) is 0 Å². The van der Waals surface area contributed by atoms with Crippen LogP contribution in [0, 0.1) is 26.7 Å². The zero-order valence-electron chi connectivity index (χ0n) is 18.1. The fourth-order valence-electron chi connectivity index (χ4n) is 3.26. The molecule has 3 heterocycles. The Bertz CT molecular complexity index is 1130. The third kappa shape index (κ3) is 6.05. The Morgan fingerprint density at radius 2 is 1.91 bits per heavy atom. The molecule has 176 valence electrons. The summed E-state index contributed by atoms with van der Waals surface area (Å²) in [7, 11) is 0. The molecule has 3 aromatic heterocycles. The summed E-state index contributed by atoms with van der Waals surface area (Å²) >= 11 is 11.5. The first-order valence-corrected chi connectivity index (χ1v) is 10.9. The Kier molecular flexibility index (Phi) is 7.98. The van der Waals surface area contributed by atoms with E-state index in [0.29, 0.717) is 29.8 Å². The predicted octanol–water partition coefficient (Wildman–Crippen LogP) is 3.63. The number of hydrogen-bond acceptors (Lipinski definition) is 7. The molecule has 0 aliphatic carbocycles. The van der Waals surface area contributed by atoms with Crippen LogP contribution in [0.3, 0.4) is 0 Å². The van der Waals surface area contributed by atoms with Gasteiger partial charge in [0.15, 0.2) is 5.69 Å². The molecule has 0 fully saturated rings. The fraction of sp³-hybridized carbons (Fsp3) is 0.400. The Morgan fingerprint density at radius 3 is 2.48 bits per heavy atom. The van der Waals surface area contributed by atoms with Crippen LogP contribution < -0.4 is 10.6 Å². The van der Waals surface area contributed by atoms with Crippen molar-refractivity contribution >= 4 is 40.8 Å². The molecule has 33 heavy (non-hydrogen) atoms. The molecule has 0 bridgehead atoms. The smallest absolute Gasteiger partial charge is 0.276 e. The van der Waals surface area contributed by atoms with Crippen molar-refractivity contribution in [1.82, 2.24) is 30.8 Å². The molecule has 13 heteroatoms. The first kappa shape index (κ1) is 24.6. The van der Waals surface area contributed by atoms with Gasteiger partial charge in [-0.15, -0.1) is 23.2 Å². The van der Waals surface area contributed by atoms with Gasteiger partial charge in [0, 0.05) is 16.8 Å². The number of rotatable bonds is 9. The molecule has 2 amide bonds. The monoisotopic (exact) mass is 497 g/mol. The van der Waals surface area contributed by atoms with E-state index >= 15 is 0 Å². The number of aryl methyl sites for hydroxylation is 3. The fourth-order valence-corrected chi connectivity index (χ4v) is 3.57. The summed E-state index contributed by atoms with van der Waals surface area (Å²) in [5.74, 6) is -2.00. The van der Waals surface area contributed by atoms with E-state index in [0.717, 1.165) is 0 Å². The second kappa shape index (κ2) is 10.7. The van der Waals surface area contributed by atoms with Crippen LogP contribution in [0.15, 0.2) is 16.8 Å². The molecule has 0 unspecified atom stereocenters. The number of carbonyl (C=O) groups is 2. The number of amides is 2. The van der Waals surface area contributed by atoms with Crippen LogP contribution in [0.2, 0.25) is 0 Å². The number of nitrogens with zero attached hydrogens (tertiary/aromatic N) is 4. The number of hydrogen-bond donors (Lipinski definition) is 3. The topological polar surface area (TPSA) is 139 Å². The number of nitrogens with one attached hydrogen (secondary N) is 3. The summed E-state index contributed by atoms with van der Waals surface area (Å²) in [6.07, 6.45) is 1.09. The largest absolute Gasteiger partial charge is 0.339 e. The van der Waals surface area contributed by atoms with Crippen molar-refractivity contribution in [2.24, 2.45) is 0 Å². The lowest BCUT2D eigenvalue weighted by Crippen LogP contribution is -2.44. The number of aromatic amines is 1. The van der Waals surface area contributed by atoms with E-state index in [1.165, 1.54) is 12.1 Å². The average Bonchev–Trinajstić information content (AvgIpc) is 3.32. The molecule has 0 aliphatic heterocycles. The van der Waals surface area contributed by atoms with Crippen molar-refractivity contribution in [2.45, 2.75) is 50.9 Å². The molecule has 0 saturated carbocycles. The Morgan fingerprint density at radius 1 is 1.15 bits per heavy atom. The summed E-state index contributed by atoms with van der Waals surface area (Å²) in [6.45, 7) is 5.07. The van der Waals surface area contributed by atoms with Crippen LogP contribution in [-0.4, -0.2) is 48.2 Å². The highest BCUT2D eigenvalue weighted by atomic mass is 35.5. The van der Waals surface area contributed by atoms with Crippen LogP contribution in [0.4, 0.5) is 10.2 Å². The first-order chi connectivity index (χ1) is 15.7. The first-order valence-electron chi connectivity index (χ1n) is 10.0. The zero-order valence-corrected chi connectivity index (χ0v) is 19.6. The molecule has 0 spiro atoms. The number of H-pyrrole nitrogens is 1. The summed E-state index contributed by atoms with van der Waals surface area (Å²) in [4.78, 5) is 28.6. The van der Waals surface area contributed by atoms with Gasteiger partial charge in [0.2, 0.25) is 11.9 Å². The maximum Gasteiger partial charge on any atom is 0.276 e. The highest BCUT2D eigenvalue weighted by molar-refractivity contribution is 6.44. The van der Waals surface area contributed by atoms with E-state index in [1.54, 1.807) is 20.8 Å². The SMILES string of the molecule is Cc1nonc1C(=O)N[C@@H](CCCC(Cl)Cl)C(=O)Nc1ccc(-c2c(C)n[nH]c2C)c(F)n1. The third-order valence-corrected chi connectivity index (χ3v) is 5.34. The van der Waals surface area contributed by atoms with E-state index < -0.39 is 28.6 Å². The summed E-state index contributed by atoms with van der Waals surface area (Å²) in [5.41, 5.74) is 2.42. The molecule has 10 nitrogen and oxygen atoms in total. The lowest BCUT2D eigenvalue weighted by molar-refractivity contribution is -0.118. The number of alkyl halides is 2. The Balaban J connectivity index is 1.75. The van der Waals surface area contributed by atoms with Gasteiger partial charge >= 0.3 is 0 Å². The van der Waals surface area contributed by atoms with E-state index in [2.05, 4.69) is 40.8 Å². The average molecular weight is 498 g/mol. The Labute approximate surface area is 198 Å². The van der Waals surface area contributed by atoms with Gasteiger partial charge in [0.25, 0.3) is 5.91 Å². The lowest BCUT2D eigenvalue weighted by Gasteiger charge is -2.18. The van der Waals surface area contributed by atoms with Crippen molar-refractivity contribution in [3.8, 4) is 11.1 Å². The lowest BCUT2D eigenvalue weighted by atomic mass is 10.1. The number of aromatic nitrogens is 5. The molecule has 0 aliphatic rings. The molecule has 3 aromatic rings. The van der Waals surface area contributed by atoms with E-state index in [1.807, 2.05) is 0 Å². The van der Waals surface area contributed by atoms with Gasteiger partial charge < -0.3 is 10.6 Å². The molecular weight excluding hydrogens is 476 g/mol. The standard InChI is InChI=1S/C20H22Cl2FN7O3/c1-9-16(10(2)28-27-9)12-7-8-15(25-18(12)23)26-19(31)13(5-4-6-14(21)22)24-20(32)17-11(3)29-33-30-17/h7-8,13-14H,4-6H2,1-3H3,(H,24,32)(H,27,28)(H,25,26,31)/t13-/m0/s1. The number of carbonyl (C=O) groups excluding carboxylic acids is 2. The molecule has 3 N–H and O–H groups in total. The quantitative estimate of drug-likeness (QED) is 0.303. The zero-order chi connectivity index (χ0) is 24.1. The van der Waals surface area contributed by atoms with Crippen molar-refractivity contribution in [3.63, 3.8) is 0 Å². The van der Waals surface area contributed by atoms with Gasteiger partial charge in [-0.3, -0.25) is 14.7 Å². The van der Waals surface area contributed by atoms with Crippen LogP contribution in [-0.2, 0) is 4.79 Å². The highest BCUT2D eigenvalue weighted by Crippen LogP contribution is 2.28. The molecular formula is C20H22Cl2FN7O3. The second-order valence-electron chi connectivity index (χ2n) is 7.38. The van der Waals surface area contributed by atoms with Crippen LogP contribution >= 0.6 is 23.2 Å². The maximum absolute atomic E-state index is 14.7. The number of pyridine rings is 1. The normalized spacial score (nSPS) is 12.1. The predicted molar refractivity (Wildman–Crippen MR) is 120 cm³/mol. The van der Waals surface area contributed by atoms with Crippen molar-refractivity contribution in [2.75, 3.05) is 5.32 Å². The van der Waals surface area contributed by atoms with E-state index in [-0.39, 0.29) is 29.2 Å². The number of halogens is 3. The summed E-state index contributed by atoms with van der Waals surface area (Å²) < 4.78 is 19.3. The van der Waals surface area contributed by atoms with E-state index in [4.69, 9.17) is 23.2 Å². The molecule has 0 saturated heterocycles. The van der Waals surface area contributed by atoms with Gasteiger partial charge in [-0.2, -0.15) is 9.49 Å². The minimum atomic E-state index is -0.983. The van der Waals surface area contributed by atoms with Crippen molar-refractivity contribution in [3.05, 3.63) is 40.9 Å². The van der Waals surface area contributed by atoms with Crippen molar-refractivity contribution < 1.29 is 18.6 Å². The molecule has 0 radical (unpaired) electrons. The van der Waals surface area contributed by atoms with Gasteiger partial charge in [-0.25, -0.2) is 9.61 Å². The van der Waals surface area contributed by atoms with Gasteiger partial charge in [-0.1, -0.05) is 5.16 Å². The Hall–Kier alpha value is -3.05. The summed E-state index contributed by atoms with van der Waals surface area (Å²) in [6, 6.07) is 2.00. The second-order valence-corrected chi connectivity index (χ2v) is 8.66. The highest BCUT2D eigenvalue weighted by Gasteiger charge is 2.25. The minimum Gasteiger partial charge on any atom is -0.339 e. The molecule has 3 rings (SSSR count). The molecule has 1 atom stereocenters. The van der Waals surface area contributed by atoms with Crippen LogP contribution in [0.25, 0.3) is 11.1 Å². The van der Waals surface area contributed by atoms with Crippen molar-refractivity contribution in [1.29, 1.82) is 0 Å². The van der Waals surface area contributed by atoms with Crippen LogP contribution in [0.1, 0.15) is 46.8 Å². The third-order valence-electron chi connectivity index (χ3n) is 4.90. The number of anilines is 1. The van der Waals surface area contributed by atoms with Gasteiger partial charge in [-0.05, 0) is 57.3 Å². The van der Waals surface area contributed by atoms with Gasteiger partial charge in [0.1, 0.15) is 22.4 Å². The van der Waals surface area contributed by atoms with E-state index in [9.17, 15) is 14.0 Å². The minimum absolute atomic E-state index is 0.00820.